The predicted molar refractivity (Wildman–Crippen MR) is 113 cm³/mol. The van der Waals surface area contributed by atoms with Gasteiger partial charge in [-0.25, -0.2) is 4.90 Å². The van der Waals surface area contributed by atoms with Gasteiger partial charge in [0.2, 0.25) is 11.8 Å². The van der Waals surface area contributed by atoms with Gasteiger partial charge >= 0.3 is 0 Å². The largest absolute Gasteiger partial charge is 0.349 e. The van der Waals surface area contributed by atoms with Crippen molar-refractivity contribution in [1.82, 2.24) is 0 Å². The van der Waals surface area contributed by atoms with Gasteiger partial charge in [-0.2, -0.15) is 10.5 Å². The number of carbonyl (C=O) groups excluding carboxylic acids is 2. The van der Waals surface area contributed by atoms with Crippen molar-refractivity contribution in [3.05, 3.63) is 70.3 Å². The fraction of sp³-hybridized carbons (Fsp3) is 0.182. The Labute approximate surface area is 173 Å². The Morgan fingerprint density at radius 2 is 1.79 bits per heavy atom. The molecule has 1 fully saturated rings. The summed E-state index contributed by atoms with van der Waals surface area (Å²) in [5.41, 5.74) is 2.99. The molecule has 0 saturated carbocycles. The number of amides is 2. The van der Waals surface area contributed by atoms with Crippen molar-refractivity contribution in [2.75, 3.05) is 10.2 Å². The maximum absolute atomic E-state index is 13.0. The molecule has 6 nitrogen and oxygen atoms in total. The number of benzene rings is 2. The summed E-state index contributed by atoms with van der Waals surface area (Å²) in [6.45, 7) is 3.80. The summed E-state index contributed by atoms with van der Waals surface area (Å²) in [4.78, 5) is 26.8. The van der Waals surface area contributed by atoms with E-state index in [2.05, 4.69) is 5.32 Å². The van der Waals surface area contributed by atoms with Crippen LogP contribution in [-0.2, 0) is 9.59 Å². The zero-order valence-electron chi connectivity index (χ0n) is 16.0. The van der Waals surface area contributed by atoms with Crippen molar-refractivity contribution < 1.29 is 9.59 Å². The number of carbonyl (C=O) groups is 2. The van der Waals surface area contributed by atoms with E-state index in [0.29, 0.717) is 11.4 Å². The first-order valence-electron chi connectivity index (χ1n) is 8.92. The number of hydrogen-bond acceptors (Lipinski definition) is 6. The number of aryl methyl sites for hydroxylation is 2. The molecule has 2 amide bonds. The van der Waals surface area contributed by atoms with Crippen LogP contribution in [0.2, 0.25) is 0 Å². The second-order valence-electron chi connectivity index (χ2n) is 6.59. The predicted octanol–water partition coefficient (Wildman–Crippen LogP) is 4.04. The van der Waals surface area contributed by atoms with Crippen LogP contribution >= 0.6 is 11.8 Å². The summed E-state index contributed by atoms with van der Waals surface area (Å²) in [6.07, 6.45) is 0.000916. The number of imide groups is 1. The summed E-state index contributed by atoms with van der Waals surface area (Å²) in [6, 6.07) is 18.3. The molecule has 2 aromatic rings. The maximum Gasteiger partial charge on any atom is 0.247 e. The molecule has 1 saturated heterocycles. The van der Waals surface area contributed by atoms with E-state index in [-0.39, 0.29) is 28.8 Å². The molecule has 2 aromatic carbocycles. The molecule has 144 valence electrons. The van der Waals surface area contributed by atoms with Crippen LogP contribution < -0.4 is 10.2 Å². The number of thioether (sulfide) groups is 1. The minimum atomic E-state index is -0.717. The molecule has 0 bridgehead atoms. The Kier molecular flexibility index (Phi) is 6.01. The van der Waals surface area contributed by atoms with Crippen LogP contribution in [0.3, 0.4) is 0 Å². The lowest BCUT2D eigenvalue weighted by atomic mass is 10.1. The molecular weight excluding hydrogens is 384 g/mol. The molecule has 1 N–H and O–H groups in total. The van der Waals surface area contributed by atoms with Crippen LogP contribution in [0, 0.1) is 36.5 Å². The van der Waals surface area contributed by atoms with Crippen LogP contribution in [0.5, 0.6) is 0 Å². The number of nitrogens with one attached hydrogen (secondary N) is 1. The van der Waals surface area contributed by atoms with Gasteiger partial charge in [0.05, 0.1) is 10.9 Å². The normalized spacial score (nSPS) is 15.6. The minimum absolute atomic E-state index is 0.000916. The number of allylic oxidation sites excluding steroid dienone is 1. The summed E-state index contributed by atoms with van der Waals surface area (Å²) in [5, 5.41) is 21.2. The van der Waals surface area contributed by atoms with Gasteiger partial charge in [-0.3, -0.25) is 9.59 Å². The van der Waals surface area contributed by atoms with Gasteiger partial charge < -0.3 is 5.32 Å². The van der Waals surface area contributed by atoms with E-state index < -0.39 is 5.25 Å². The molecule has 1 atom stereocenters. The molecular formula is C22H18N4O2S. The van der Waals surface area contributed by atoms with Gasteiger partial charge in [0.1, 0.15) is 17.2 Å². The van der Waals surface area contributed by atoms with Crippen molar-refractivity contribution in [3.8, 4) is 12.1 Å². The molecule has 0 unspecified atom stereocenters. The van der Waals surface area contributed by atoms with Crippen LogP contribution in [0.25, 0.3) is 0 Å². The molecule has 1 aliphatic rings. The molecule has 0 aromatic heterocycles. The lowest BCUT2D eigenvalue weighted by Crippen LogP contribution is -2.31. The highest BCUT2D eigenvalue weighted by Gasteiger charge is 2.41. The van der Waals surface area contributed by atoms with Crippen LogP contribution in [-0.4, -0.2) is 17.1 Å². The summed E-state index contributed by atoms with van der Waals surface area (Å²) in [5.74, 6) is -0.650. The Balaban J connectivity index is 1.88. The van der Waals surface area contributed by atoms with E-state index in [1.54, 1.807) is 18.2 Å². The van der Waals surface area contributed by atoms with Gasteiger partial charge in [0.15, 0.2) is 5.57 Å². The Bertz CT molecular complexity index is 1060. The van der Waals surface area contributed by atoms with Crippen molar-refractivity contribution in [2.24, 2.45) is 0 Å². The average Bonchev–Trinajstić information content (AvgIpc) is 2.97. The number of nitriles is 2. The summed E-state index contributed by atoms with van der Waals surface area (Å²) < 4.78 is 0. The molecule has 1 aliphatic heterocycles. The van der Waals surface area contributed by atoms with E-state index in [1.807, 2.05) is 56.3 Å². The molecule has 0 aliphatic carbocycles. The van der Waals surface area contributed by atoms with Crippen molar-refractivity contribution >= 4 is 35.0 Å². The van der Waals surface area contributed by atoms with Crippen LogP contribution in [0.4, 0.5) is 11.4 Å². The molecule has 7 heteroatoms. The van der Waals surface area contributed by atoms with Gasteiger partial charge in [0, 0.05) is 12.1 Å². The van der Waals surface area contributed by atoms with Gasteiger partial charge in [-0.15, -0.1) is 0 Å². The topological polar surface area (TPSA) is 97.0 Å². The van der Waals surface area contributed by atoms with E-state index in [9.17, 15) is 20.1 Å². The zero-order chi connectivity index (χ0) is 21.0. The highest BCUT2D eigenvalue weighted by molar-refractivity contribution is 8.04. The van der Waals surface area contributed by atoms with Crippen molar-refractivity contribution in [2.45, 2.75) is 25.5 Å². The lowest BCUT2D eigenvalue weighted by Gasteiger charge is -2.18. The Morgan fingerprint density at radius 1 is 1.10 bits per heavy atom. The van der Waals surface area contributed by atoms with Crippen molar-refractivity contribution in [3.63, 3.8) is 0 Å². The zero-order valence-corrected chi connectivity index (χ0v) is 16.8. The van der Waals surface area contributed by atoms with Crippen LogP contribution in [0.15, 0.2) is 59.1 Å². The first-order valence-corrected chi connectivity index (χ1v) is 9.79. The van der Waals surface area contributed by atoms with Crippen molar-refractivity contribution in [1.29, 1.82) is 10.5 Å². The first kappa shape index (κ1) is 20.2. The minimum Gasteiger partial charge on any atom is -0.349 e. The van der Waals surface area contributed by atoms with Gasteiger partial charge in [-0.05, 0) is 37.6 Å². The second-order valence-corrected chi connectivity index (χ2v) is 7.80. The van der Waals surface area contributed by atoms with E-state index in [1.165, 1.54) is 4.90 Å². The third-order valence-electron chi connectivity index (χ3n) is 4.44. The van der Waals surface area contributed by atoms with E-state index >= 15 is 0 Å². The number of nitrogens with zero attached hydrogens (tertiary/aromatic N) is 3. The smallest absolute Gasteiger partial charge is 0.247 e. The third kappa shape index (κ3) is 4.31. The monoisotopic (exact) mass is 402 g/mol. The first-order chi connectivity index (χ1) is 13.9. The Morgan fingerprint density at radius 3 is 2.41 bits per heavy atom. The SMILES string of the molecule is Cc1ccc(N2C(=O)C[C@H](SC(Nc3ccccc3)=C(C#N)C#N)C2=O)c(C)c1. The summed E-state index contributed by atoms with van der Waals surface area (Å²) >= 11 is 1.04. The summed E-state index contributed by atoms with van der Waals surface area (Å²) in [7, 11) is 0. The molecule has 0 spiro atoms. The fourth-order valence-corrected chi connectivity index (χ4v) is 4.18. The van der Waals surface area contributed by atoms with Gasteiger partial charge in [-0.1, -0.05) is 47.7 Å². The fourth-order valence-electron chi connectivity index (χ4n) is 3.08. The van der Waals surface area contributed by atoms with E-state index in [0.717, 1.165) is 22.9 Å². The molecule has 29 heavy (non-hydrogen) atoms. The number of para-hydroxylation sites is 1. The Hall–Kier alpha value is -3.55. The molecule has 3 rings (SSSR count). The maximum atomic E-state index is 13.0. The average molecular weight is 402 g/mol. The highest BCUT2D eigenvalue weighted by atomic mass is 32.2. The number of rotatable bonds is 5. The second kappa shape index (κ2) is 8.64. The molecule has 1 heterocycles. The van der Waals surface area contributed by atoms with E-state index in [4.69, 9.17) is 0 Å². The number of anilines is 2. The third-order valence-corrected chi connectivity index (χ3v) is 5.64. The standard InChI is InChI=1S/C22H18N4O2S/c1-14-8-9-18(15(2)10-14)26-20(27)11-19(22(26)28)29-21(16(12-23)13-24)25-17-6-4-3-5-7-17/h3-10,19,25H,11H2,1-2H3/t19-/m0/s1. The highest BCUT2D eigenvalue weighted by Crippen LogP contribution is 2.36. The van der Waals surface area contributed by atoms with Crippen LogP contribution in [0.1, 0.15) is 17.5 Å². The number of hydrogen-bond donors (Lipinski definition) is 1. The lowest BCUT2D eigenvalue weighted by molar-refractivity contribution is -0.121. The molecule has 0 radical (unpaired) electrons. The quantitative estimate of drug-likeness (QED) is 0.599. The van der Waals surface area contributed by atoms with Gasteiger partial charge in [0.25, 0.3) is 0 Å².